The summed E-state index contributed by atoms with van der Waals surface area (Å²) in [5.41, 5.74) is 2.21. The van der Waals surface area contributed by atoms with Crippen molar-refractivity contribution in [1.29, 1.82) is 0 Å². The Morgan fingerprint density at radius 3 is 2.56 bits per heavy atom. The molecule has 0 radical (unpaired) electrons. The molecule has 0 unspecified atom stereocenters. The van der Waals surface area contributed by atoms with E-state index in [0.29, 0.717) is 0 Å². The number of piperazine rings is 1. The van der Waals surface area contributed by atoms with E-state index in [0.717, 1.165) is 43.4 Å². The Hall–Kier alpha value is -1.62. The zero-order valence-corrected chi connectivity index (χ0v) is 11.2. The summed E-state index contributed by atoms with van der Waals surface area (Å²) in [5.74, 6) is 0. The van der Waals surface area contributed by atoms with Crippen LogP contribution in [0.25, 0.3) is 0 Å². The first-order valence-electron chi connectivity index (χ1n) is 6.01. The number of hydrogen-bond acceptors (Lipinski definition) is 2. The zero-order chi connectivity index (χ0) is 13.0. The van der Waals surface area contributed by atoms with Crippen molar-refractivity contribution in [3.05, 3.63) is 29.8 Å². The Morgan fingerprint density at radius 1 is 1.28 bits per heavy atom. The smallest absolute Gasteiger partial charge is 0.209 e. The number of thiocarbonyl (C=S) groups is 1. The first-order chi connectivity index (χ1) is 8.70. The summed E-state index contributed by atoms with van der Waals surface area (Å²) < 4.78 is 0. The first kappa shape index (κ1) is 12.8. The van der Waals surface area contributed by atoms with Crippen LogP contribution in [0.3, 0.4) is 0 Å². The molecule has 1 fully saturated rings. The molecule has 4 nitrogen and oxygen atoms in total. The van der Waals surface area contributed by atoms with Gasteiger partial charge in [-0.1, -0.05) is 18.2 Å². The molecule has 96 valence electrons. The van der Waals surface area contributed by atoms with Crippen LogP contribution < -0.4 is 5.32 Å². The van der Waals surface area contributed by atoms with Gasteiger partial charge in [-0.25, -0.2) is 0 Å². The maximum absolute atomic E-state index is 10.6. The van der Waals surface area contributed by atoms with Crippen molar-refractivity contribution >= 4 is 29.4 Å². The van der Waals surface area contributed by atoms with E-state index in [2.05, 4.69) is 23.2 Å². The third-order valence-corrected chi connectivity index (χ3v) is 3.50. The number of carbonyl (C=O) groups excluding carboxylic acids is 1. The van der Waals surface area contributed by atoms with Gasteiger partial charge in [0.05, 0.1) is 0 Å². The fourth-order valence-corrected chi connectivity index (χ4v) is 2.23. The summed E-state index contributed by atoms with van der Waals surface area (Å²) in [6.45, 7) is 5.10. The maximum atomic E-state index is 10.6. The summed E-state index contributed by atoms with van der Waals surface area (Å²) in [7, 11) is 0. The van der Waals surface area contributed by atoms with Crippen LogP contribution in [-0.4, -0.2) is 47.5 Å². The van der Waals surface area contributed by atoms with Crippen LogP contribution in [0.2, 0.25) is 0 Å². The number of amides is 1. The molecule has 0 bridgehead atoms. The molecule has 1 saturated heterocycles. The van der Waals surface area contributed by atoms with Crippen LogP contribution >= 0.6 is 12.2 Å². The topological polar surface area (TPSA) is 35.6 Å². The monoisotopic (exact) mass is 263 g/mol. The SMILES string of the molecule is Cc1ccccc1NC(=S)N1CCN(C=O)CC1. The molecule has 1 aliphatic heterocycles. The van der Waals surface area contributed by atoms with Crippen molar-refractivity contribution in [2.24, 2.45) is 0 Å². The molecule has 1 N–H and O–H groups in total. The number of benzene rings is 1. The van der Waals surface area contributed by atoms with Gasteiger partial charge >= 0.3 is 0 Å². The predicted octanol–water partition coefficient (Wildman–Crippen LogP) is 1.47. The number of aryl methyl sites for hydroxylation is 1. The number of hydrogen-bond donors (Lipinski definition) is 1. The van der Waals surface area contributed by atoms with Gasteiger partial charge in [0, 0.05) is 31.9 Å². The molecule has 0 spiro atoms. The number of para-hydroxylation sites is 1. The van der Waals surface area contributed by atoms with Gasteiger partial charge in [-0.05, 0) is 30.8 Å². The zero-order valence-electron chi connectivity index (χ0n) is 10.4. The molecular weight excluding hydrogens is 246 g/mol. The van der Waals surface area contributed by atoms with E-state index in [1.54, 1.807) is 4.90 Å². The van der Waals surface area contributed by atoms with Gasteiger partial charge in [-0.15, -0.1) is 0 Å². The van der Waals surface area contributed by atoms with Crippen LogP contribution in [0.4, 0.5) is 5.69 Å². The van der Waals surface area contributed by atoms with E-state index < -0.39 is 0 Å². The van der Waals surface area contributed by atoms with Gasteiger partial charge in [0.2, 0.25) is 6.41 Å². The minimum Gasteiger partial charge on any atom is -0.345 e. The Morgan fingerprint density at radius 2 is 1.94 bits per heavy atom. The van der Waals surface area contributed by atoms with Crippen molar-refractivity contribution in [3.63, 3.8) is 0 Å². The van der Waals surface area contributed by atoms with Crippen LogP contribution in [-0.2, 0) is 4.79 Å². The molecule has 1 amide bonds. The average molecular weight is 263 g/mol. The molecule has 2 rings (SSSR count). The lowest BCUT2D eigenvalue weighted by molar-refractivity contribution is -0.119. The van der Waals surface area contributed by atoms with E-state index in [4.69, 9.17) is 12.2 Å². The lowest BCUT2D eigenvalue weighted by atomic mass is 10.2. The molecule has 0 saturated carbocycles. The van der Waals surface area contributed by atoms with Crippen molar-refractivity contribution < 1.29 is 4.79 Å². The summed E-state index contributed by atoms with van der Waals surface area (Å²) >= 11 is 5.40. The summed E-state index contributed by atoms with van der Waals surface area (Å²) in [6, 6.07) is 8.06. The summed E-state index contributed by atoms with van der Waals surface area (Å²) in [6.07, 6.45) is 0.898. The largest absolute Gasteiger partial charge is 0.345 e. The molecule has 18 heavy (non-hydrogen) atoms. The van der Waals surface area contributed by atoms with E-state index in [-0.39, 0.29) is 0 Å². The second kappa shape index (κ2) is 5.82. The lowest BCUT2D eigenvalue weighted by Crippen LogP contribution is -2.49. The van der Waals surface area contributed by atoms with Gasteiger partial charge in [0.1, 0.15) is 0 Å². The number of anilines is 1. The predicted molar refractivity (Wildman–Crippen MR) is 76.6 cm³/mol. The Balaban J connectivity index is 1.93. The second-order valence-electron chi connectivity index (χ2n) is 4.37. The van der Waals surface area contributed by atoms with Gasteiger partial charge < -0.3 is 15.1 Å². The Labute approximate surface area is 113 Å². The Kier molecular flexibility index (Phi) is 4.15. The van der Waals surface area contributed by atoms with Gasteiger partial charge in [0.25, 0.3) is 0 Å². The molecule has 0 aliphatic carbocycles. The number of nitrogens with zero attached hydrogens (tertiary/aromatic N) is 2. The highest BCUT2D eigenvalue weighted by Crippen LogP contribution is 2.14. The third-order valence-electron chi connectivity index (χ3n) is 3.14. The van der Waals surface area contributed by atoms with Crippen LogP contribution in [0, 0.1) is 6.92 Å². The van der Waals surface area contributed by atoms with E-state index in [9.17, 15) is 4.79 Å². The lowest BCUT2D eigenvalue weighted by Gasteiger charge is -2.34. The van der Waals surface area contributed by atoms with Crippen molar-refractivity contribution in [2.75, 3.05) is 31.5 Å². The molecule has 5 heteroatoms. The highest BCUT2D eigenvalue weighted by Gasteiger charge is 2.17. The average Bonchev–Trinajstić information content (AvgIpc) is 2.41. The van der Waals surface area contributed by atoms with Crippen LogP contribution in [0.5, 0.6) is 0 Å². The minimum absolute atomic E-state index is 0.731. The first-order valence-corrected chi connectivity index (χ1v) is 6.42. The highest BCUT2D eigenvalue weighted by atomic mass is 32.1. The fraction of sp³-hybridized carbons (Fsp3) is 0.385. The molecule has 0 aromatic heterocycles. The van der Waals surface area contributed by atoms with Crippen molar-refractivity contribution in [2.45, 2.75) is 6.92 Å². The van der Waals surface area contributed by atoms with Crippen molar-refractivity contribution in [3.8, 4) is 0 Å². The maximum Gasteiger partial charge on any atom is 0.209 e. The number of rotatable bonds is 2. The standard InChI is InChI=1S/C13H17N3OS/c1-11-4-2-3-5-12(11)14-13(18)16-8-6-15(10-17)7-9-16/h2-5,10H,6-9H2,1H3,(H,14,18). The van der Waals surface area contributed by atoms with Crippen LogP contribution in [0.1, 0.15) is 5.56 Å². The van der Waals surface area contributed by atoms with Gasteiger partial charge in [-0.2, -0.15) is 0 Å². The van der Waals surface area contributed by atoms with E-state index in [1.807, 2.05) is 18.2 Å². The quantitative estimate of drug-likeness (QED) is 0.647. The van der Waals surface area contributed by atoms with E-state index in [1.165, 1.54) is 5.56 Å². The molecule has 1 aromatic rings. The molecule has 0 atom stereocenters. The molecule has 1 aromatic carbocycles. The minimum atomic E-state index is 0.731. The van der Waals surface area contributed by atoms with Gasteiger partial charge in [0.15, 0.2) is 5.11 Å². The molecule has 1 heterocycles. The van der Waals surface area contributed by atoms with Crippen LogP contribution in [0.15, 0.2) is 24.3 Å². The second-order valence-corrected chi connectivity index (χ2v) is 4.76. The van der Waals surface area contributed by atoms with Crippen molar-refractivity contribution in [1.82, 2.24) is 9.80 Å². The normalized spacial score (nSPS) is 15.4. The Bertz CT molecular complexity index is 442. The van der Waals surface area contributed by atoms with E-state index >= 15 is 0 Å². The summed E-state index contributed by atoms with van der Waals surface area (Å²) in [5, 5.41) is 3.99. The van der Waals surface area contributed by atoms with Gasteiger partial charge in [-0.3, -0.25) is 4.79 Å². The fourth-order valence-electron chi connectivity index (χ4n) is 1.94. The molecular formula is C13H17N3OS. The summed E-state index contributed by atoms with van der Waals surface area (Å²) in [4.78, 5) is 14.5. The highest BCUT2D eigenvalue weighted by molar-refractivity contribution is 7.80. The third kappa shape index (κ3) is 2.98. The number of nitrogens with one attached hydrogen (secondary N) is 1. The molecule has 1 aliphatic rings. The number of carbonyl (C=O) groups is 1.